The van der Waals surface area contributed by atoms with Crippen molar-refractivity contribution in [2.24, 2.45) is 11.8 Å². The highest BCUT2D eigenvalue weighted by Gasteiger charge is 2.35. The van der Waals surface area contributed by atoms with Crippen molar-refractivity contribution in [1.82, 2.24) is 10.2 Å². The molecule has 1 aliphatic rings. The summed E-state index contributed by atoms with van der Waals surface area (Å²) in [6.07, 6.45) is 2.64. The summed E-state index contributed by atoms with van der Waals surface area (Å²) in [5.41, 5.74) is 0. The van der Waals surface area contributed by atoms with Gasteiger partial charge in [-0.1, -0.05) is 13.8 Å². The minimum Gasteiger partial charge on any atom is -0.383 e. The standard InChI is InChI=1S/C13H28N2O/c1-10-8-11(2)13(12(9-10)14-3)15(4)6-7-16-5/h10-14H,6-9H2,1-5H3. The summed E-state index contributed by atoms with van der Waals surface area (Å²) in [5.74, 6) is 1.61. The lowest BCUT2D eigenvalue weighted by Gasteiger charge is -2.44. The molecule has 1 aliphatic carbocycles. The van der Waals surface area contributed by atoms with E-state index in [2.05, 4.69) is 38.2 Å². The molecule has 1 fully saturated rings. The second-order valence-corrected chi connectivity index (χ2v) is 5.41. The number of rotatable bonds is 5. The van der Waals surface area contributed by atoms with Gasteiger partial charge in [0.25, 0.3) is 0 Å². The zero-order chi connectivity index (χ0) is 12.1. The summed E-state index contributed by atoms with van der Waals surface area (Å²) < 4.78 is 5.17. The summed E-state index contributed by atoms with van der Waals surface area (Å²) in [5, 5.41) is 3.49. The summed E-state index contributed by atoms with van der Waals surface area (Å²) in [6.45, 7) is 6.60. The van der Waals surface area contributed by atoms with Crippen molar-refractivity contribution in [3.8, 4) is 0 Å². The van der Waals surface area contributed by atoms with Crippen molar-refractivity contribution in [1.29, 1.82) is 0 Å². The second-order valence-electron chi connectivity index (χ2n) is 5.41. The number of nitrogens with zero attached hydrogens (tertiary/aromatic N) is 1. The fraction of sp³-hybridized carbons (Fsp3) is 1.00. The molecule has 0 aromatic rings. The highest BCUT2D eigenvalue weighted by atomic mass is 16.5. The lowest BCUT2D eigenvalue weighted by Crippen LogP contribution is -2.55. The molecule has 16 heavy (non-hydrogen) atoms. The Kier molecular flexibility index (Phi) is 5.73. The fourth-order valence-corrected chi connectivity index (χ4v) is 3.25. The number of hydrogen-bond acceptors (Lipinski definition) is 3. The van der Waals surface area contributed by atoms with Gasteiger partial charge in [0.1, 0.15) is 0 Å². The summed E-state index contributed by atoms with van der Waals surface area (Å²) in [7, 11) is 6.09. The van der Waals surface area contributed by atoms with Gasteiger partial charge in [0.15, 0.2) is 0 Å². The Balaban J connectivity index is 2.59. The molecule has 3 heteroatoms. The number of likely N-dealkylation sites (N-methyl/N-ethyl adjacent to an activating group) is 2. The first-order chi connectivity index (χ1) is 7.60. The number of methoxy groups -OCH3 is 1. The van der Waals surface area contributed by atoms with Crippen molar-refractivity contribution in [2.75, 3.05) is 34.4 Å². The van der Waals surface area contributed by atoms with E-state index in [0.717, 1.165) is 25.0 Å². The van der Waals surface area contributed by atoms with Crippen molar-refractivity contribution in [3.05, 3.63) is 0 Å². The number of nitrogens with one attached hydrogen (secondary N) is 1. The first kappa shape index (κ1) is 13.9. The normalized spacial score (nSPS) is 35.6. The van der Waals surface area contributed by atoms with E-state index in [9.17, 15) is 0 Å². The molecule has 0 spiro atoms. The molecule has 96 valence electrons. The number of ether oxygens (including phenoxy) is 1. The van der Waals surface area contributed by atoms with E-state index in [-0.39, 0.29) is 0 Å². The molecule has 1 N–H and O–H groups in total. The van der Waals surface area contributed by atoms with E-state index in [0.29, 0.717) is 12.1 Å². The summed E-state index contributed by atoms with van der Waals surface area (Å²) >= 11 is 0. The van der Waals surface area contributed by atoms with Crippen LogP contribution in [0, 0.1) is 11.8 Å². The van der Waals surface area contributed by atoms with E-state index < -0.39 is 0 Å². The van der Waals surface area contributed by atoms with E-state index in [4.69, 9.17) is 4.74 Å². The van der Waals surface area contributed by atoms with E-state index >= 15 is 0 Å². The van der Waals surface area contributed by atoms with Crippen LogP contribution in [-0.4, -0.2) is 51.3 Å². The molecule has 3 nitrogen and oxygen atoms in total. The maximum atomic E-state index is 5.17. The van der Waals surface area contributed by atoms with Crippen molar-refractivity contribution in [3.63, 3.8) is 0 Å². The van der Waals surface area contributed by atoms with Crippen molar-refractivity contribution >= 4 is 0 Å². The Morgan fingerprint density at radius 1 is 1.31 bits per heavy atom. The van der Waals surface area contributed by atoms with E-state index in [1.165, 1.54) is 12.8 Å². The molecule has 0 aromatic carbocycles. The van der Waals surface area contributed by atoms with Crippen LogP contribution in [0.5, 0.6) is 0 Å². The van der Waals surface area contributed by atoms with Gasteiger partial charge in [0.05, 0.1) is 6.61 Å². The van der Waals surface area contributed by atoms with Gasteiger partial charge in [-0.05, 0) is 38.8 Å². The predicted molar refractivity (Wildman–Crippen MR) is 68.7 cm³/mol. The van der Waals surface area contributed by atoms with Crippen molar-refractivity contribution < 1.29 is 4.74 Å². The van der Waals surface area contributed by atoms with Crippen LogP contribution in [0.4, 0.5) is 0 Å². The third kappa shape index (κ3) is 3.44. The summed E-state index contributed by atoms with van der Waals surface area (Å²) in [6, 6.07) is 1.27. The quantitative estimate of drug-likeness (QED) is 0.773. The molecule has 1 rings (SSSR count). The first-order valence-electron chi connectivity index (χ1n) is 6.46. The molecule has 0 bridgehead atoms. The third-order valence-electron chi connectivity index (χ3n) is 3.95. The molecule has 0 aromatic heterocycles. The molecule has 0 aliphatic heterocycles. The maximum absolute atomic E-state index is 5.17. The van der Waals surface area contributed by atoms with Gasteiger partial charge in [0.2, 0.25) is 0 Å². The van der Waals surface area contributed by atoms with Gasteiger partial charge in [0, 0.05) is 25.7 Å². The molecule has 0 amide bonds. The molecule has 4 atom stereocenters. The van der Waals surface area contributed by atoms with Crippen LogP contribution in [0.2, 0.25) is 0 Å². The fourth-order valence-electron chi connectivity index (χ4n) is 3.25. The molecule has 1 saturated carbocycles. The van der Waals surface area contributed by atoms with Gasteiger partial charge in [-0.3, -0.25) is 4.90 Å². The van der Waals surface area contributed by atoms with Crippen LogP contribution < -0.4 is 5.32 Å². The Morgan fingerprint density at radius 3 is 2.56 bits per heavy atom. The minimum atomic E-state index is 0.626. The average molecular weight is 228 g/mol. The molecular weight excluding hydrogens is 200 g/mol. The second kappa shape index (κ2) is 6.58. The lowest BCUT2D eigenvalue weighted by molar-refractivity contribution is 0.0617. The third-order valence-corrected chi connectivity index (χ3v) is 3.95. The highest BCUT2D eigenvalue weighted by Crippen LogP contribution is 2.31. The Morgan fingerprint density at radius 2 is 2.00 bits per heavy atom. The minimum absolute atomic E-state index is 0.626. The predicted octanol–water partition coefficient (Wildman–Crippen LogP) is 1.59. The van der Waals surface area contributed by atoms with Crippen LogP contribution in [0.1, 0.15) is 26.7 Å². The SMILES string of the molecule is CNC1CC(C)CC(C)C1N(C)CCOC. The largest absolute Gasteiger partial charge is 0.383 e. The summed E-state index contributed by atoms with van der Waals surface area (Å²) in [4.78, 5) is 2.46. The van der Waals surface area contributed by atoms with Crippen LogP contribution in [0.25, 0.3) is 0 Å². The molecule has 0 saturated heterocycles. The topological polar surface area (TPSA) is 24.5 Å². The van der Waals surface area contributed by atoms with Crippen LogP contribution >= 0.6 is 0 Å². The van der Waals surface area contributed by atoms with Gasteiger partial charge in [-0.15, -0.1) is 0 Å². The highest BCUT2D eigenvalue weighted by molar-refractivity contribution is 4.92. The first-order valence-corrected chi connectivity index (χ1v) is 6.46. The lowest BCUT2D eigenvalue weighted by atomic mass is 9.76. The van der Waals surface area contributed by atoms with Gasteiger partial charge >= 0.3 is 0 Å². The Hall–Kier alpha value is -0.120. The van der Waals surface area contributed by atoms with Gasteiger partial charge in [-0.2, -0.15) is 0 Å². The van der Waals surface area contributed by atoms with Crippen LogP contribution in [0.3, 0.4) is 0 Å². The molecular formula is C13H28N2O. The zero-order valence-corrected chi connectivity index (χ0v) is 11.5. The molecule has 4 unspecified atom stereocenters. The van der Waals surface area contributed by atoms with Crippen LogP contribution in [-0.2, 0) is 4.74 Å². The molecule has 0 heterocycles. The van der Waals surface area contributed by atoms with E-state index in [1.54, 1.807) is 7.11 Å². The monoisotopic (exact) mass is 228 g/mol. The Bertz CT molecular complexity index is 198. The number of hydrogen-bond donors (Lipinski definition) is 1. The van der Waals surface area contributed by atoms with E-state index in [1.807, 2.05) is 0 Å². The van der Waals surface area contributed by atoms with Crippen molar-refractivity contribution in [2.45, 2.75) is 38.8 Å². The van der Waals surface area contributed by atoms with Crippen LogP contribution in [0.15, 0.2) is 0 Å². The Labute approximate surface area is 101 Å². The van der Waals surface area contributed by atoms with Gasteiger partial charge in [-0.25, -0.2) is 0 Å². The average Bonchev–Trinajstić information content (AvgIpc) is 2.24. The molecule has 0 radical (unpaired) electrons. The van der Waals surface area contributed by atoms with Gasteiger partial charge < -0.3 is 10.1 Å². The maximum Gasteiger partial charge on any atom is 0.0589 e. The zero-order valence-electron chi connectivity index (χ0n) is 11.5. The smallest absolute Gasteiger partial charge is 0.0589 e.